The number of nitrogens with two attached hydrogens (primary N) is 1. The molecule has 1 fully saturated rings. The summed E-state index contributed by atoms with van der Waals surface area (Å²) in [6, 6.07) is 0. The van der Waals surface area contributed by atoms with Crippen molar-refractivity contribution < 1.29 is 20.1 Å². The van der Waals surface area contributed by atoms with E-state index in [4.69, 9.17) is 20.7 Å². The second-order valence-electron chi connectivity index (χ2n) is 5.09. The average molecular weight is 311 g/mol. The number of nitrogen functional groups attached to an aromatic ring is 1. The van der Waals surface area contributed by atoms with Crippen molar-refractivity contribution in [3.8, 4) is 0 Å². The number of anilines is 1. The lowest BCUT2D eigenvalue weighted by Gasteiger charge is -2.14. The maximum atomic E-state index is 12.3. The van der Waals surface area contributed by atoms with Gasteiger partial charge in [0.1, 0.15) is 12.3 Å². The van der Waals surface area contributed by atoms with Gasteiger partial charge in [0.15, 0.2) is 11.2 Å². The Bertz CT molecular complexity index is 741. The molecule has 3 atom stereocenters. The van der Waals surface area contributed by atoms with E-state index in [1.54, 1.807) is 0 Å². The molecule has 5 N–H and O–H groups in total. The van der Waals surface area contributed by atoms with E-state index in [0.717, 1.165) is 4.57 Å². The SMILES string of the molecule is Nc1nc2c(ncn2C2CC(O)C(CO)O2)c(=O)n1CCO. The molecule has 2 aromatic rings. The molecule has 120 valence electrons. The number of aliphatic hydroxyl groups excluding tert-OH is 3. The molecule has 10 nitrogen and oxygen atoms in total. The molecule has 3 unspecified atom stereocenters. The van der Waals surface area contributed by atoms with Crippen molar-refractivity contribution in [1.82, 2.24) is 19.1 Å². The van der Waals surface area contributed by atoms with Crippen molar-refractivity contribution >= 4 is 17.1 Å². The first kappa shape index (κ1) is 14.9. The van der Waals surface area contributed by atoms with Crippen LogP contribution in [0.5, 0.6) is 0 Å². The maximum Gasteiger partial charge on any atom is 0.283 e. The van der Waals surface area contributed by atoms with Crippen LogP contribution >= 0.6 is 0 Å². The summed E-state index contributed by atoms with van der Waals surface area (Å²) in [6.07, 6.45) is -0.442. The van der Waals surface area contributed by atoms with Gasteiger partial charge in [-0.1, -0.05) is 0 Å². The lowest BCUT2D eigenvalue weighted by Crippen LogP contribution is -2.26. The first-order valence-electron chi connectivity index (χ1n) is 6.85. The summed E-state index contributed by atoms with van der Waals surface area (Å²) in [5.74, 6) is -0.0365. The highest BCUT2D eigenvalue weighted by atomic mass is 16.5. The first-order chi connectivity index (χ1) is 10.6. The minimum atomic E-state index is -0.806. The van der Waals surface area contributed by atoms with Crippen molar-refractivity contribution in [3.63, 3.8) is 0 Å². The van der Waals surface area contributed by atoms with Crippen LogP contribution in [0.4, 0.5) is 5.95 Å². The van der Waals surface area contributed by atoms with Gasteiger partial charge in [-0.05, 0) is 0 Å². The van der Waals surface area contributed by atoms with Gasteiger partial charge in [0.05, 0.1) is 32.2 Å². The molecule has 0 spiro atoms. The van der Waals surface area contributed by atoms with E-state index in [9.17, 15) is 9.90 Å². The summed E-state index contributed by atoms with van der Waals surface area (Å²) in [7, 11) is 0. The van der Waals surface area contributed by atoms with Crippen molar-refractivity contribution in [1.29, 1.82) is 0 Å². The lowest BCUT2D eigenvalue weighted by molar-refractivity contribution is -0.0432. The molecule has 2 aromatic heterocycles. The molecule has 1 saturated heterocycles. The van der Waals surface area contributed by atoms with Gasteiger partial charge < -0.3 is 25.8 Å². The standard InChI is InChI=1S/C12H17N5O5/c13-12-15-10-9(11(21)16(12)1-2-18)14-5-17(10)8-3-6(20)7(4-19)22-8/h5-8,18-20H,1-4H2,(H2,13,15). The van der Waals surface area contributed by atoms with E-state index in [-0.39, 0.29) is 43.3 Å². The fraction of sp³-hybridized carbons (Fsp3) is 0.583. The van der Waals surface area contributed by atoms with E-state index in [1.807, 2.05) is 0 Å². The molecule has 3 rings (SSSR count). The molecule has 0 aliphatic carbocycles. The lowest BCUT2D eigenvalue weighted by atomic mass is 10.2. The van der Waals surface area contributed by atoms with E-state index < -0.39 is 24.0 Å². The Labute approximate surface area is 124 Å². The largest absolute Gasteiger partial charge is 0.395 e. The van der Waals surface area contributed by atoms with Crippen molar-refractivity contribution in [3.05, 3.63) is 16.7 Å². The van der Waals surface area contributed by atoms with Crippen LogP contribution in [0.2, 0.25) is 0 Å². The van der Waals surface area contributed by atoms with Gasteiger partial charge in [-0.15, -0.1) is 0 Å². The minimum Gasteiger partial charge on any atom is -0.395 e. The number of rotatable bonds is 4. The van der Waals surface area contributed by atoms with Crippen LogP contribution in [0, 0.1) is 0 Å². The number of fused-ring (bicyclic) bond motifs is 1. The Kier molecular flexibility index (Phi) is 3.83. The quantitative estimate of drug-likeness (QED) is 0.497. The summed E-state index contributed by atoms with van der Waals surface area (Å²) in [5.41, 5.74) is 5.65. The molecule has 0 radical (unpaired) electrons. The van der Waals surface area contributed by atoms with Gasteiger partial charge in [0.2, 0.25) is 5.95 Å². The molecule has 10 heteroatoms. The molecule has 1 aliphatic heterocycles. The second-order valence-corrected chi connectivity index (χ2v) is 5.09. The van der Waals surface area contributed by atoms with Crippen molar-refractivity contribution in [2.24, 2.45) is 0 Å². The molecule has 0 saturated carbocycles. The predicted molar refractivity (Wildman–Crippen MR) is 74.9 cm³/mol. The number of aliphatic hydroxyl groups is 3. The van der Waals surface area contributed by atoms with Crippen LogP contribution < -0.4 is 11.3 Å². The number of hydrogen-bond acceptors (Lipinski definition) is 8. The van der Waals surface area contributed by atoms with E-state index in [2.05, 4.69) is 9.97 Å². The average Bonchev–Trinajstić information content (AvgIpc) is 3.06. The Morgan fingerprint density at radius 2 is 2.23 bits per heavy atom. The van der Waals surface area contributed by atoms with Gasteiger partial charge in [-0.25, -0.2) is 4.98 Å². The number of aromatic nitrogens is 4. The number of imidazole rings is 1. The third kappa shape index (κ3) is 2.25. The Morgan fingerprint density at radius 3 is 2.86 bits per heavy atom. The first-order valence-corrected chi connectivity index (χ1v) is 6.85. The third-order valence-corrected chi connectivity index (χ3v) is 3.73. The predicted octanol–water partition coefficient (Wildman–Crippen LogP) is -2.19. The fourth-order valence-corrected chi connectivity index (χ4v) is 2.59. The second kappa shape index (κ2) is 5.65. The number of ether oxygens (including phenoxy) is 1. The highest BCUT2D eigenvalue weighted by Gasteiger charge is 2.35. The Morgan fingerprint density at radius 1 is 1.45 bits per heavy atom. The van der Waals surface area contributed by atoms with Crippen LogP contribution in [0.3, 0.4) is 0 Å². The Balaban J connectivity index is 2.05. The van der Waals surface area contributed by atoms with Gasteiger partial charge in [0.25, 0.3) is 5.56 Å². The summed E-state index contributed by atoms with van der Waals surface area (Å²) < 4.78 is 8.17. The zero-order chi connectivity index (χ0) is 15.9. The van der Waals surface area contributed by atoms with Crippen molar-refractivity contribution in [2.45, 2.75) is 31.4 Å². The summed E-state index contributed by atoms with van der Waals surface area (Å²) in [5, 5.41) is 27.9. The Hall–Kier alpha value is -2.01. The highest BCUT2D eigenvalue weighted by Crippen LogP contribution is 2.30. The topological polar surface area (TPSA) is 149 Å². The maximum absolute atomic E-state index is 12.3. The van der Waals surface area contributed by atoms with Crippen LogP contribution in [-0.2, 0) is 11.3 Å². The zero-order valence-corrected chi connectivity index (χ0v) is 11.7. The van der Waals surface area contributed by atoms with Crippen LogP contribution in [-0.4, -0.2) is 59.8 Å². The summed E-state index contributed by atoms with van der Waals surface area (Å²) >= 11 is 0. The van der Waals surface area contributed by atoms with Crippen LogP contribution in [0.1, 0.15) is 12.6 Å². The highest BCUT2D eigenvalue weighted by molar-refractivity contribution is 5.71. The third-order valence-electron chi connectivity index (χ3n) is 3.73. The number of hydrogen-bond donors (Lipinski definition) is 4. The van der Waals surface area contributed by atoms with Gasteiger partial charge in [-0.2, -0.15) is 4.98 Å². The minimum absolute atomic E-state index is 0.0334. The van der Waals surface area contributed by atoms with Gasteiger partial charge in [-0.3, -0.25) is 13.9 Å². The van der Waals surface area contributed by atoms with Crippen molar-refractivity contribution in [2.75, 3.05) is 18.9 Å². The van der Waals surface area contributed by atoms with E-state index >= 15 is 0 Å². The van der Waals surface area contributed by atoms with E-state index in [1.165, 1.54) is 10.9 Å². The molecule has 1 aliphatic rings. The number of nitrogens with zero attached hydrogens (tertiary/aromatic N) is 4. The van der Waals surface area contributed by atoms with Gasteiger partial charge >= 0.3 is 0 Å². The van der Waals surface area contributed by atoms with Gasteiger partial charge in [0, 0.05) is 6.42 Å². The molecule has 0 amide bonds. The van der Waals surface area contributed by atoms with Crippen LogP contribution in [0.15, 0.2) is 11.1 Å². The summed E-state index contributed by atoms with van der Waals surface area (Å²) in [4.78, 5) is 20.4. The normalized spacial score (nSPS) is 25.1. The monoisotopic (exact) mass is 311 g/mol. The smallest absolute Gasteiger partial charge is 0.283 e. The molecule has 0 bridgehead atoms. The zero-order valence-electron chi connectivity index (χ0n) is 11.7. The van der Waals surface area contributed by atoms with E-state index in [0.29, 0.717) is 0 Å². The fourth-order valence-electron chi connectivity index (χ4n) is 2.59. The molecule has 3 heterocycles. The molecule has 0 aromatic carbocycles. The molecule has 22 heavy (non-hydrogen) atoms. The molecular weight excluding hydrogens is 294 g/mol. The summed E-state index contributed by atoms with van der Waals surface area (Å²) in [6.45, 7) is -0.511. The molecular formula is C12H17N5O5. The van der Waals surface area contributed by atoms with Crippen LogP contribution in [0.25, 0.3) is 11.2 Å².